The average Bonchev–Trinajstić information content (AvgIpc) is 2.44. The molecule has 0 aromatic carbocycles. The maximum absolute atomic E-state index is 9.23. The summed E-state index contributed by atoms with van der Waals surface area (Å²) in [5.74, 6) is 2.74. The highest BCUT2D eigenvalue weighted by molar-refractivity contribution is 5.11. The molecule has 1 saturated carbocycles. The summed E-state index contributed by atoms with van der Waals surface area (Å²) in [6.07, 6.45) is 7.24. The standard InChI is InChI=1S/C7H10O/c1-3-7(2,8)6-4-5-6/h1,6,8H,4-5H2,2H3. The highest BCUT2D eigenvalue weighted by Gasteiger charge is 2.38. The molecule has 1 aliphatic carbocycles. The van der Waals surface area contributed by atoms with Gasteiger partial charge in [-0.2, -0.15) is 0 Å². The Morgan fingerprint density at radius 1 is 1.75 bits per heavy atom. The molecule has 0 amide bonds. The zero-order valence-corrected chi connectivity index (χ0v) is 5.02. The maximum Gasteiger partial charge on any atom is 0.125 e. The molecule has 1 rings (SSSR count). The van der Waals surface area contributed by atoms with E-state index in [9.17, 15) is 5.11 Å². The predicted molar refractivity (Wildman–Crippen MR) is 32.2 cm³/mol. The SMILES string of the molecule is C#CC(C)(O)C1CC1. The molecule has 0 bridgehead atoms. The summed E-state index contributed by atoms with van der Waals surface area (Å²) < 4.78 is 0. The van der Waals surface area contributed by atoms with E-state index >= 15 is 0 Å². The maximum atomic E-state index is 9.23. The van der Waals surface area contributed by atoms with Crippen LogP contribution < -0.4 is 0 Å². The lowest BCUT2D eigenvalue weighted by molar-refractivity contribution is 0.0982. The molecule has 8 heavy (non-hydrogen) atoms. The average molecular weight is 110 g/mol. The van der Waals surface area contributed by atoms with Crippen molar-refractivity contribution < 1.29 is 5.11 Å². The molecule has 44 valence electrons. The third kappa shape index (κ3) is 0.850. The van der Waals surface area contributed by atoms with Crippen molar-refractivity contribution in [3.05, 3.63) is 0 Å². The van der Waals surface area contributed by atoms with Crippen LogP contribution in [0.3, 0.4) is 0 Å². The molecule has 1 nitrogen and oxygen atoms in total. The first-order valence-electron chi connectivity index (χ1n) is 2.87. The van der Waals surface area contributed by atoms with Gasteiger partial charge in [0.1, 0.15) is 5.60 Å². The van der Waals surface area contributed by atoms with Crippen molar-refractivity contribution in [2.24, 2.45) is 5.92 Å². The molecular weight excluding hydrogens is 100 g/mol. The molecule has 1 unspecified atom stereocenters. The largest absolute Gasteiger partial charge is 0.378 e. The van der Waals surface area contributed by atoms with Crippen LogP contribution in [0.25, 0.3) is 0 Å². The van der Waals surface area contributed by atoms with Crippen molar-refractivity contribution in [3.63, 3.8) is 0 Å². The van der Waals surface area contributed by atoms with E-state index in [1.54, 1.807) is 6.92 Å². The number of terminal acetylenes is 1. The van der Waals surface area contributed by atoms with Crippen LogP contribution in [0.2, 0.25) is 0 Å². The second kappa shape index (κ2) is 1.50. The lowest BCUT2D eigenvalue weighted by Gasteiger charge is -2.13. The first-order valence-corrected chi connectivity index (χ1v) is 2.87. The monoisotopic (exact) mass is 110 g/mol. The summed E-state index contributed by atoms with van der Waals surface area (Å²) in [7, 11) is 0. The van der Waals surface area contributed by atoms with Gasteiger partial charge in [0.15, 0.2) is 0 Å². The minimum Gasteiger partial charge on any atom is -0.378 e. The molecule has 0 heterocycles. The van der Waals surface area contributed by atoms with E-state index in [0.29, 0.717) is 5.92 Å². The van der Waals surface area contributed by atoms with E-state index in [1.807, 2.05) is 0 Å². The van der Waals surface area contributed by atoms with Crippen LogP contribution in [0.1, 0.15) is 19.8 Å². The number of aliphatic hydroxyl groups is 1. The Labute approximate surface area is 49.7 Å². The zero-order chi connectivity index (χ0) is 6.20. The van der Waals surface area contributed by atoms with Crippen LogP contribution in [0.15, 0.2) is 0 Å². The molecule has 0 radical (unpaired) electrons. The minimum absolute atomic E-state index is 0.382. The van der Waals surface area contributed by atoms with Gasteiger partial charge in [0.25, 0.3) is 0 Å². The Morgan fingerprint density at radius 2 is 2.25 bits per heavy atom. The fourth-order valence-electron chi connectivity index (χ4n) is 0.763. The molecule has 1 fully saturated rings. The fourth-order valence-corrected chi connectivity index (χ4v) is 0.763. The first-order chi connectivity index (χ1) is 3.67. The summed E-state index contributed by atoms with van der Waals surface area (Å²) in [5.41, 5.74) is -0.819. The Bertz CT molecular complexity index is 126. The topological polar surface area (TPSA) is 20.2 Å². The number of hydrogen-bond acceptors (Lipinski definition) is 1. The lowest BCUT2D eigenvalue weighted by Crippen LogP contribution is -2.23. The van der Waals surface area contributed by atoms with Crippen LogP contribution in [0.4, 0.5) is 0 Å². The second-order valence-corrected chi connectivity index (χ2v) is 2.57. The van der Waals surface area contributed by atoms with E-state index < -0.39 is 5.60 Å². The van der Waals surface area contributed by atoms with Crippen molar-refractivity contribution >= 4 is 0 Å². The molecule has 1 N–H and O–H groups in total. The Kier molecular flexibility index (Phi) is 1.06. The zero-order valence-electron chi connectivity index (χ0n) is 5.02. The smallest absolute Gasteiger partial charge is 0.125 e. The Balaban J connectivity index is 2.53. The van der Waals surface area contributed by atoms with Gasteiger partial charge in [0, 0.05) is 0 Å². The first kappa shape index (κ1) is 5.65. The third-order valence-corrected chi connectivity index (χ3v) is 1.66. The molecule has 0 spiro atoms. The van der Waals surface area contributed by atoms with Crippen LogP contribution in [-0.4, -0.2) is 10.7 Å². The van der Waals surface area contributed by atoms with Gasteiger partial charge in [-0.1, -0.05) is 5.92 Å². The van der Waals surface area contributed by atoms with Gasteiger partial charge >= 0.3 is 0 Å². The van der Waals surface area contributed by atoms with Crippen molar-refractivity contribution in [2.75, 3.05) is 0 Å². The molecule has 0 aliphatic heterocycles. The molecule has 1 aliphatic rings. The highest BCUT2D eigenvalue weighted by Crippen LogP contribution is 2.38. The van der Waals surface area contributed by atoms with Gasteiger partial charge in [-0.05, 0) is 25.7 Å². The van der Waals surface area contributed by atoms with Crippen LogP contribution in [0.5, 0.6) is 0 Å². The Morgan fingerprint density at radius 3 is 2.38 bits per heavy atom. The van der Waals surface area contributed by atoms with Gasteiger partial charge in [-0.15, -0.1) is 6.42 Å². The van der Waals surface area contributed by atoms with Gasteiger partial charge in [0.05, 0.1) is 0 Å². The summed E-state index contributed by atoms with van der Waals surface area (Å²) in [6, 6.07) is 0. The summed E-state index contributed by atoms with van der Waals surface area (Å²) in [4.78, 5) is 0. The van der Waals surface area contributed by atoms with E-state index in [4.69, 9.17) is 6.42 Å². The van der Waals surface area contributed by atoms with Crippen LogP contribution in [0, 0.1) is 18.3 Å². The molecule has 1 heteroatoms. The fraction of sp³-hybridized carbons (Fsp3) is 0.714. The van der Waals surface area contributed by atoms with E-state index in [2.05, 4.69) is 5.92 Å². The molecular formula is C7H10O. The molecule has 0 aromatic rings. The lowest BCUT2D eigenvalue weighted by atomic mass is 10.0. The van der Waals surface area contributed by atoms with Crippen molar-refractivity contribution in [1.82, 2.24) is 0 Å². The van der Waals surface area contributed by atoms with Crippen molar-refractivity contribution in [2.45, 2.75) is 25.4 Å². The minimum atomic E-state index is -0.819. The number of hydrogen-bond donors (Lipinski definition) is 1. The van der Waals surface area contributed by atoms with Crippen molar-refractivity contribution in [1.29, 1.82) is 0 Å². The van der Waals surface area contributed by atoms with E-state index in [0.717, 1.165) is 12.8 Å². The van der Waals surface area contributed by atoms with Crippen LogP contribution >= 0.6 is 0 Å². The van der Waals surface area contributed by atoms with Gasteiger partial charge < -0.3 is 5.11 Å². The van der Waals surface area contributed by atoms with Crippen LogP contribution in [-0.2, 0) is 0 Å². The van der Waals surface area contributed by atoms with Gasteiger partial charge in [-0.3, -0.25) is 0 Å². The highest BCUT2D eigenvalue weighted by atomic mass is 16.3. The van der Waals surface area contributed by atoms with Gasteiger partial charge in [-0.25, -0.2) is 0 Å². The summed E-state index contributed by atoms with van der Waals surface area (Å²) >= 11 is 0. The predicted octanol–water partition coefficient (Wildman–Crippen LogP) is 0.781. The van der Waals surface area contributed by atoms with E-state index in [-0.39, 0.29) is 0 Å². The number of rotatable bonds is 1. The normalized spacial score (nSPS) is 26.1. The summed E-state index contributed by atoms with van der Waals surface area (Å²) in [5, 5.41) is 9.23. The molecule has 0 aromatic heterocycles. The van der Waals surface area contributed by atoms with E-state index in [1.165, 1.54) is 0 Å². The second-order valence-electron chi connectivity index (χ2n) is 2.57. The molecule has 0 saturated heterocycles. The van der Waals surface area contributed by atoms with Crippen molar-refractivity contribution in [3.8, 4) is 12.3 Å². The Hall–Kier alpha value is -0.480. The molecule has 1 atom stereocenters. The summed E-state index contributed by atoms with van der Waals surface area (Å²) in [6.45, 7) is 1.70. The third-order valence-electron chi connectivity index (χ3n) is 1.66. The quantitative estimate of drug-likeness (QED) is 0.494. The van der Waals surface area contributed by atoms with Gasteiger partial charge in [0.2, 0.25) is 0 Å².